The molecule has 0 fully saturated rings. The van der Waals surface area contributed by atoms with E-state index in [2.05, 4.69) is 5.32 Å². The van der Waals surface area contributed by atoms with Crippen molar-refractivity contribution in [3.8, 4) is 17.2 Å². The number of methoxy groups -OCH3 is 1. The second-order valence-electron chi connectivity index (χ2n) is 6.13. The maximum Gasteiger partial charge on any atom is 0.311 e. The Balaban J connectivity index is 0.00000420. The van der Waals surface area contributed by atoms with E-state index in [1.54, 1.807) is 25.1 Å². The molecule has 0 aliphatic rings. The number of rotatable bonds is 10. The van der Waals surface area contributed by atoms with Crippen LogP contribution in [0, 0.1) is 0 Å². The normalized spacial score (nSPS) is 10.6. The van der Waals surface area contributed by atoms with Crippen molar-refractivity contribution in [1.29, 1.82) is 0 Å². The van der Waals surface area contributed by atoms with Gasteiger partial charge in [-0.05, 0) is 42.7 Å². The van der Waals surface area contributed by atoms with Crippen LogP contribution in [-0.4, -0.2) is 39.8 Å². The van der Waals surface area contributed by atoms with Crippen LogP contribution in [-0.2, 0) is 21.3 Å². The van der Waals surface area contributed by atoms with Crippen molar-refractivity contribution in [2.75, 3.05) is 25.2 Å². The van der Waals surface area contributed by atoms with Gasteiger partial charge < -0.3 is 24.4 Å². The van der Waals surface area contributed by atoms with Crippen molar-refractivity contribution in [2.45, 2.75) is 26.2 Å². The van der Waals surface area contributed by atoms with Gasteiger partial charge in [-0.3, -0.25) is 4.79 Å². The minimum absolute atomic E-state index is 0. The molecule has 9 heteroatoms. The molecule has 2 aromatic rings. The number of hydrogen-bond acceptors (Lipinski definition) is 7. The van der Waals surface area contributed by atoms with Gasteiger partial charge in [-0.15, -0.1) is 0 Å². The number of anilines is 1. The molecule has 0 aliphatic carbocycles. The molecule has 0 radical (unpaired) electrons. The number of benzene rings is 2. The van der Waals surface area contributed by atoms with Gasteiger partial charge in [0.2, 0.25) is 0 Å². The highest BCUT2D eigenvalue weighted by Gasteiger charge is 2.13. The van der Waals surface area contributed by atoms with Gasteiger partial charge in [0.15, 0.2) is 11.5 Å². The van der Waals surface area contributed by atoms with Gasteiger partial charge >= 0.3 is 16.1 Å². The number of ether oxygens (including phenoxy) is 2. The predicted octanol–water partition coefficient (Wildman–Crippen LogP) is 2.57. The molecule has 0 amide bonds. The lowest BCUT2D eigenvalue weighted by molar-refractivity contribution is -0.134. The lowest BCUT2D eigenvalue weighted by atomic mass is 10.1. The predicted molar refractivity (Wildman–Crippen MR) is 111 cm³/mol. The summed E-state index contributed by atoms with van der Waals surface area (Å²) in [7, 11) is -1.99. The molecule has 2 aromatic carbocycles. The summed E-state index contributed by atoms with van der Waals surface area (Å²) in [5, 5.41) is 3.27. The van der Waals surface area contributed by atoms with E-state index in [-0.39, 0.29) is 17.9 Å². The van der Waals surface area contributed by atoms with Crippen molar-refractivity contribution in [1.82, 2.24) is 0 Å². The Morgan fingerprint density at radius 2 is 1.79 bits per heavy atom. The van der Waals surface area contributed by atoms with Crippen molar-refractivity contribution in [3.05, 3.63) is 48.0 Å². The highest BCUT2D eigenvalue weighted by atomic mass is 32.2. The number of esters is 1. The Morgan fingerprint density at radius 1 is 1.10 bits per heavy atom. The number of nitrogens with one attached hydrogen (secondary N) is 1. The van der Waals surface area contributed by atoms with Gasteiger partial charge in [-0.25, -0.2) is 0 Å². The maximum atomic E-state index is 11.7. The molecular formula is C20H27NO7S. The average molecular weight is 426 g/mol. The highest BCUT2D eigenvalue weighted by molar-refractivity contribution is 7.86. The van der Waals surface area contributed by atoms with Crippen molar-refractivity contribution in [2.24, 2.45) is 0 Å². The molecule has 0 saturated heterocycles. The van der Waals surface area contributed by atoms with Crippen LogP contribution in [0.15, 0.2) is 42.5 Å². The number of aryl methyl sites for hydroxylation is 1. The molecule has 0 spiro atoms. The minimum atomic E-state index is -3.52. The molecule has 0 atom stereocenters. The van der Waals surface area contributed by atoms with Gasteiger partial charge in [0, 0.05) is 13.0 Å². The molecule has 2 rings (SSSR count). The summed E-state index contributed by atoms with van der Waals surface area (Å²) in [5.41, 5.74) is 1.75. The smallest absolute Gasteiger partial charge is 0.311 e. The van der Waals surface area contributed by atoms with Crippen LogP contribution in [0.2, 0.25) is 0 Å². The molecule has 8 nitrogen and oxygen atoms in total. The molecule has 3 N–H and O–H groups in total. The molecule has 0 aromatic heterocycles. The van der Waals surface area contributed by atoms with Gasteiger partial charge in [-0.1, -0.05) is 25.1 Å². The Kier molecular flexibility index (Phi) is 9.43. The Labute approximate surface area is 171 Å². The summed E-state index contributed by atoms with van der Waals surface area (Å²) in [5.74, 6) is 0.847. The Morgan fingerprint density at radius 3 is 2.38 bits per heavy atom. The zero-order chi connectivity index (χ0) is 20.6. The zero-order valence-electron chi connectivity index (χ0n) is 16.7. The molecule has 29 heavy (non-hydrogen) atoms. The third kappa shape index (κ3) is 8.00. The third-order valence-electron chi connectivity index (χ3n) is 3.83. The third-order valence-corrected chi connectivity index (χ3v) is 4.33. The number of carbonyl (C=O) groups excluding carboxylic acids is 1. The molecule has 0 unspecified atom stereocenters. The summed E-state index contributed by atoms with van der Waals surface area (Å²) in [6.45, 7) is 2.39. The first-order valence-electron chi connectivity index (χ1n) is 8.92. The van der Waals surface area contributed by atoms with E-state index in [9.17, 15) is 13.2 Å². The molecule has 0 saturated carbocycles. The monoisotopic (exact) mass is 425 g/mol. The highest BCUT2D eigenvalue weighted by Crippen LogP contribution is 2.35. The van der Waals surface area contributed by atoms with E-state index in [1.165, 1.54) is 7.11 Å². The van der Waals surface area contributed by atoms with Crippen LogP contribution < -0.4 is 19.0 Å². The van der Waals surface area contributed by atoms with E-state index in [0.717, 1.165) is 24.7 Å². The van der Waals surface area contributed by atoms with Gasteiger partial charge in [0.1, 0.15) is 5.75 Å². The molecule has 0 bridgehead atoms. The second kappa shape index (κ2) is 11.3. The van der Waals surface area contributed by atoms with Gasteiger partial charge in [0.25, 0.3) is 0 Å². The van der Waals surface area contributed by atoms with E-state index in [4.69, 9.17) is 13.7 Å². The van der Waals surface area contributed by atoms with E-state index in [1.807, 2.05) is 24.3 Å². The van der Waals surface area contributed by atoms with Gasteiger partial charge in [-0.2, -0.15) is 8.42 Å². The van der Waals surface area contributed by atoms with Crippen molar-refractivity contribution in [3.63, 3.8) is 0 Å². The van der Waals surface area contributed by atoms with Crippen molar-refractivity contribution < 1.29 is 32.3 Å². The number of carbonyl (C=O) groups is 1. The minimum Gasteiger partial charge on any atom is -0.493 e. The first kappa shape index (κ1) is 24.3. The fraction of sp³-hybridized carbons (Fsp3) is 0.350. The van der Waals surface area contributed by atoms with E-state index >= 15 is 0 Å². The lowest BCUT2D eigenvalue weighted by Crippen LogP contribution is -2.10. The SMILES string of the molecule is CCC(=O)Oc1c(NCCCc2ccc(OS(C)(=O)=O)cc2)cccc1OC.O. The Bertz CT molecular complexity index is 896. The summed E-state index contributed by atoms with van der Waals surface area (Å²) in [6.07, 6.45) is 2.90. The summed E-state index contributed by atoms with van der Waals surface area (Å²) in [6, 6.07) is 12.3. The molecular weight excluding hydrogens is 398 g/mol. The molecule has 0 heterocycles. The summed E-state index contributed by atoms with van der Waals surface area (Å²) >= 11 is 0. The van der Waals surface area contributed by atoms with E-state index < -0.39 is 10.1 Å². The first-order chi connectivity index (χ1) is 13.3. The fourth-order valence-corrected chi connectivity index (χ4v) is 2.97. The van der Waals surface area contributed by atoms with Crippen LogP contribution in [0.3, 0.4) is 0 Å². The number of hydrogen-bond donors (Lipinski definition) is 1. The van der Waals surface area contributed by atoms with Gasteiger partial charge in [0.05, 0.1) is 19.1 Å². The fourth-order valence-electron chi connectivity index (χ4n) is 2.51. The maximum absolute atomic E-state index is 11.7. The second-order valence-corrected chi connectivity index (χ2v) is 7.70. The summed E-state index contributed by atoms with van der Waals surface area (Å²) < 4.78 is 37.7. The van der Waals surface area contributed by atoms with Crippen LogP contribution in [0.4, 0.5) is 5.69 Å². The van der Waals surface area contributed by atoms with Crippen molar-refractivity contribution >= 4 is 21.8 Å². The quantitative estimate of drug-likeness (QED) is 0.269. The van der Waals surface area contributed by atoms with Crippen LogP contribution >= 0.6 is 0 Å². The Hall–Kier alpha value is -2.78. The number of para-hydroxylation sites is 1. The average Bonchev–Trinajstić information content (AvgIpc) is 2.66. The molecule has 0 aliphatic heterocycles. The largest absolute Gasteiger partial charge is 0.493 e. The van der Waals surface area contributed by atoms with Crippen LogP contribution in [0.5, 0.6) is 17.2 Å². The van der Waals surface area contributed by atoms with Crippen LogP contribution in [0.1, 0.15) is 25.3 Å². The lowest BCUT2D eigenvalue weighted by Gasteiger charge is -2.15. The zero-order valence-corrected chi connectivity index (χ0v) is 17.5. The van der Waals surface area contributed by atoms with Crippen LogP contribution in [0.25, 0.3) is 0 Å². The first-order valence-corrected chi connectivity index (χ1v) is 10.7. The van der Waals surface area contributed by atoms with E-state index in [0.29, 0.717) is 29.5 Å². The molecule has 160 valence electrons. The standard InChI is InChI=1S/C20H25NO6S.H2O/c1-4-19(22)26-20-17(8-5-9-18(20)25-2)21-14-6-7-15-10-12-16(13-11-15)27-28(3,23)24;/h5,8-13,21H,4,6-7,14H2,1-3H3;1H2. The topological polar surface area (TPSA) is 122 Å². The summed E-state index contributed by atoms with van der Waals surface area (Å²) in [4.78, 5) is 11.7.